The Labute approximate surface area is 229 Å². The number of hydrogen-bond donors (Lipinski definition) is 3. The van der Waals surface area contributed by atoms with E-state index in [-0.39, 0.29) is 25.5 Å². The predicted octanol–water partition coefficient (Wildman–Crippen LogP) is 4.40. The third kappa shape index (κ3) is 7.23. The number of nitrogens with one attached hydrogen (secondary N) is 2. The summed E-state index contributed by atoms with van der Waals surface area (Å²) in [5.74, 6) is -1.66. The highest BCUT2D eigenvalue weighted by molar-refractivity contribution is 5.85. The molecule has 1 atom stereocenters. The minimum atomic E-state index is -1.12. The van der Waals surface area contributed by atoms with E-state index in [4.69, 9.17) is 4.74 Å². The molecule has 0 radical (unpaired) electrons. The van der Waals surface area contributed by atoms with Crippen LogP contribution >= 0.6 is 0 Å². The maximum absolute atomic E-state index is 12.8. The standard InChI is InChI=1S/C31H35N3O5/c1-31(2,17-28(35)32-27(29(36)37)19-34(3)18-21-11-5-4-6-12-21)33-30(38)39-20-26-24-15-9-7-13-22(24)23-14-8-10-16-25(23)26/h4-16,26-27H,17-20H2,1-3H3,(H,32,35)(H,33,38)(H,36,37). The normalized spacial score (nSPS) is 13.3. The number of likely N-dealkylation sites (N-methyl/N-ethyl adjacent to an activating group) is 1. The Hall–Kier alpha value is -4.17. The molecule has 0 aromatic heterocycles. The fourth-order valence-corrected chi connectivity index (χ4v) is 5.06. The van der Waals surface area contributed by atoms with Crippen molar-refractivity contribution in [2.45, 2.75) is 44.3 Å². The molecule has 204 valence electrons. The summed E-state index contributed by atoms with van der Waals surface area (Å²) in [6, 6.07) is 24.8. The van der Waals surface area contributed by atoms with Gasteiger partial charge in [-0.25, -0.2) is 9.59 Å². The van der Waals surface area contributed by atoms with Gasteiger partial charge in [0.2, 0.25) is 5.91 Å². The second kappa shape index (κ2) is 12.1. The van der Waals surface area contributed by atoms with E-state index < -0.39 is 29.6 Å². The summed E-state index contributed by atoms with van der Waals surface area (Å²) in [6.07, 6.45) is -0.740. The Kier molecular flexibility index (Phi) is 8.66. The fraction of sp³-hybridized carbons (Fsp3) is 0.323. The average Bonchev–Trinajstić information content (AvgIpc) is 3.20. The van der Waals surface area contributed by atoms with Gasteiger partial charge in [-0.15, -0.1) is 0 Å². The third-order valence-electron chi connectivity index (χ3n) is 6.81. The average molecular weight is 530 g/mol. The largest absolute Gasteiger partial charge is 0.480 e. The summed E-state index contributed by atoms with van der Waals surface area (Å²) in [6.45, 7) is 4.25. The fourth-order valence-electron chi connectivity index (χ4n) is 5.06. The molecule has 0 spiro atoms. The first kappa shape index (κ1) is 27.9. The van der Waals surface area contributed by atoms with Gasteiger partial charge in [-0.3, -0.25) is 9.69 Å². The number of carboxylic acid groups (broad SMARTS) is 1. The van der Waals surface area contributed by atoms with E-state index in [0.29, 0.717) is 6.54 Å². The maximum atomic E-state index is 12.8. The number of benzene rings is 3. The van der Waals surface area contributed by atoms with Crippen molar-refractivity contribution in [1.82, 2.24) is 15.5 Å². The van der Waals surface area contributed by atoms with Gasteiger partial charge in [0.15, 0.2) is 0 Å². The summed E-state index contributed by atoms with van der Waals surface area (Å²) in [4.78, 5) is 39.1. The smallest absolute Gasteiger partial charge is 0.407 e. The molecule has 1 aliphatic carbocycles. The van der Waals surface area contributed by atoms with Gasteiger partial charge in [0, 0.05) is 31.0 Å². The highest BCUT2D eigenvalue weighted by Gasteiger charge is 2.31. The number of hydrogen-bond acceptors (Lipinski definition) is 5. The van der Waals surface area contributed by atoms with Crippen LogP contribution in [0.25, 0.3) is 11.1 Å². The zero-order valence-electron chi connectivity index (χ0n) is 22.5. The molecule has 2 amide bonds. The van der Waals surface area contributed by atoms with E-state index in [9.17, 15) is 19.5 Å². The molecule has 0 aliphatic heterocycles. The summed E-state index contributed by atoms with van der Waals surface area (Å²) >= 11 is 0. The Balaban J connectivity index is 1.29. The van der Waals surface area contributed by atoms with Crippen molar-refractivity contribution >= 4 is 18.0 Å². The van der Waals surface area contributed by atoms with Crippen LogP contribution in [-0.4, -0.2) is 59.8 Å². The molecule has 0 saturated carbocycles. The molecule has 1 unspecified atom stereocenters. The molecule has 1 aliphatic rings. The minimum Gasteiger partial charge on any atom is -0.480 e. The van der Waals surface area contributed by atoms with Crippen LogP contribution in [0.15, 0.2) is 78.9 Å². The quantitative estimate of drug-likeness (QED) is 0.340. The molecule has 0 saturated heterocycles. The number of carbonyl (C=O) groups is 3. The first-order chi connectivity index (χ1) is 18.6. The number of rotatable bonds is 11. The van der Waals surface area contributed by atoms with Crippen molar-refractivity contribution in [2.24, 2.45) is 0 Å². The first-order valence-electron chi connectivity index (χ1n) is 13.0. The Morgan fingerprint density at radius 3 is 2.08 bits per heavy atom. The molecule has 0 heterocycles. The highest BCUT2D eigenvalue weighted by Crippen LogP contribution is 2.44. The van der Waals surface area contributed by atoms with Crippen molar-refractivity contribution in [3.8, 4) is 11.1 Å². The van der Waals surface area contributed by atoms with Gasteiger partial charge in [0.1, 0.15) is 12.6 Å². The van der Waals surface area contributed by atoms with Crippen LogP contribution in [0.1, 0.15) is 42.9 Å². The number of amides is 2. The second-order valence-electron chi connectivity index (χ2n) is 10.7. The van der Waals surface area contributed by atoms with Crippen LogP contribution in [0.4, 0.5) is 4.79 Å². The van der Waals surface area contributed by atoms with Crippen LogP contribution in [0.2, 0.25) is 0 Å². The van der Waals surface area contributed by atoms with Gasteiger partial charge in [-0.1, -0.05) is 78.9 Å². The van der Waals surface area contributed by atoms with Gasteiger partial charge < -0.3 is 20.5 Å². The van der Waals surface area contributed by atoms with E-state index in [2.05, 4.69) is 22.8 Å². The van der Waals surface area contributed by atoms with Crippen LogP contribution in [-0.2, 0) is 20.9 Å². The van der Waals surface area contributed by atoms with Crippen LogP contribution in [0, 0.1) is 0 Å². The SMILES string of the molecule is CN(Cc1ccccc1)CC(NC(=O)CC(C)(C)NC(=O)OCC1c2ccccc2-c2ccccc21)C(=O)O. The van der Waals surface area contributed by atoms with E-state index in [0.717, 1.165) is 27.8 Å². The predicted molar refractivity (Wildman–Crippen MR) is 149 cm³/mol. The molecule has 3 N–H and O–H groups in total. The van der Waals surface area contributed by atoms with E-state index in [1.807, 2.05) is 71.6 Å². The summed E-state index contributed by atoms with van der Waals surface area (Å²) < 4.78 is 5.60. The van der Waals surface area contributed by atoms with Gasteiger partial charge in [0.05, 0.1) is 0 Å². The number of nitrogens with zero attached hydrogens (tertiary/aromatic N) is 1. The maximum Gasteiger partial charge on any atom is 0.407 e. The van der Waals surface area contributed by atoms with Crippen LogP contribution in [0.3, 0.4) is 0 Å². The van der Waals surface area contributed by atoms with Gasteiger partial charge in [-0.05, 0) is 48.7 Å². The van der Waals surface area contributed by atoms with E-state index >= 15 is 0 Å². The monoisotopic (exact) mass is 529 g/mol. The molecule has 0 fully saturated rings. The number of fused-ring (bicyclic) bond motifs is 3. The Bertz CT molecular complexity index is 1280. The summed E-state index contributed by atoms with van der Waals surface area (Å²) in [5.41, 5.74) is 4.60. The number of ether oxygens (including phenoxy) is 1. The van der Waals surface area contributed by atoms with Crippen molar-refractivity contribution < 1.29 is 24.2 Å². The lowest BCUT2D eigenvalue weighted by molar-refractivity contribution is -0.142. The van der Waals surface area contributed by atoms with Crippen molar-refractivity contribution in [3.63, 3.8) is 0 Å². The number of carbonyl (C=O) groups excluding carboxylic acids is 2. The van der Waals surface area contributed by atoms with Crippen molar-refractivity contribution in [3.05, 3.63) is 95.6 Å². The lowest BCUT2D eigenvalue weighted by Crippen LogP contribution is -2.52. The van der Waals surface area contributed by atoms with Gasteiger partial charge in [-0.2, -0.15) is 0 Å². The molecular weight excluding hydrogens is 494 g/mol. The number of carboxylic acids is 1. The number of aliphatic carboxylic acids is 1. The molecule has 0 bridgehead atoms. The Morgan fingerprint density at radius 1 is 0.923 bits per heavy atom. The lowest BCUT2D eigenvalue weighted by Gasteiger charge is -2.27. The van der Waals surface area contributed by atoms with E-state index in [1.165, 1.54) is 0 Å². The van der Waals surface area contributed by atoms with Crippen molar-refractivity contribution in [2.75, 3.05) is 20.2 Å². The molecular formula is C31H35N3O5. The van der Waals surface area contributed by atoms with Gasteiger partial charge >= 0.3 is 12.1 Å². The topological polar surface area (TPSA) is 108 Å². The van der Waals surface area contributed by atoms with E-state index in [1.54, 1.807) is 20.9 Å². The highest BCUT2D eigenvalue weighted by atomic mass is 16.5. The molecule has 8 heteroatoms. The summed E-state index contributed by atoms with van der Waals surface area (Å²) in [5, 5.41) is 15.0. The third-order valence-corrected chi connectivity index (χ3v) is 6.81. The molecule has 3 aromatic rings. The van der Waals surface area contributed by atoms with Crippen LogP contribution < -0.4 is 10.6 Å². The zero-order chi connectivity index (χ0) is 28.0. The second-order valence-corrected chi connectivity index (χ2v) is 10.7. The zero-order valence-corrected chi connectivity index (χ0v) is 22.5. The first-order valence-corrected chi connectivity index (χ1v) is 13.0. The Morgan fingerprint density at radius 2 is 1.49 bits per heavy atom. The molecule has 4 rings (SSSR count). The summed E-state index contributed by atoms with van der Waals surface area (Å²) in [7, 11) is 1.80. The molecule has 8 nitrogen and oxygen atoms in total. The number of alkyl carbamates (subject to hydrolysis) is 1. The molecule has 3 aromatic carbocycles. The minimum absolute atomic E-state index is 0.0706. The molecule has 39 heavy (non-hydrogen) atoms. The van der Waals surface area contributed by atoms with Gasteiger partial charge in [0.25, 0.3) is 0 Å². The lowest BCUT2D eigenvalue weighted by atomic mass is 9.98. The van der Waals surface area contributed by atoms with Crippen LogP contribution in [0.5, 0.6) is 0 Å². The van der Waals surface area contributed by atoms with Crippen molar-refractivity contribution in [1.29, 1.82) is 0 Å².